The minimum absolute atomic E-state index is 0.0885. The molecule has 0 bridgehead atoms. The summed E-state index contributed by atoms with van der Waals surface area (Å²) >= 11 is 1.50. The van der Waals surface area contributed by atoms with Gasteiger partial charge in [-0.2, -0.15) is 11.3 Å². The Bertz CT molecular complexity index is 531. The van der Waals surface area contributed by atoms with Crippen LogP contribution in [-0.4, -0.2) is 52.4 Å². The summed E-state index contributed by atoms with van der Waals surface area (Å²) in [6.07, 6.45) is 3.28. The molecule has 0 radical (unpaired) electrons. The molecule has 0 aromatic carbocycles. The summed E-state index contributed by atoms with van der Waals surface area (Å²) in [6, 6.07) is 1.95. The molecule has 22 heavy (non-hydrogen) atoms. The molecule has 1 aromatic heterocycles. The molecule has 1 aliphatic rings. The van der Waals surface area contributed by atoms with E-state index in [4.69, 9.17) is 0 Å². The number of rotatable bonds is 8. The second kappa shape index (κ2) is 7.57. The van der Waals surface area contributed by atoms with Gasteiger partial charge in [0.2, 0.25) is 11.8 Å². The summed E-state index contributed by atoms with van der Waals surface area (Å²) in [4.78, 5) is 25.3. The zero-order chi connectivity index (χ0) is 16.1. The highest BCUT2D eigenvalue weighted by Crippen LogP contribution is 2.26. The van der Waals surface area contributed by atoms with Crippen LogP contribution in [0, 0.1) is 0 Å². The van der Waals surface area contributed by atoms with Crippen molar-refractivity contribution in [1.82, 2.24) is 10.2 Å². The minimum atomic E-state index is -1.66. The van der Waals surface area contributed by atoms with Crippen molar-refractivity contribution in [2.24, 2.45) is 0 Å². The Labute approximate surface area is 133 Å². The molecule has 0 spiro atoms. The maximum atomic E-state index is 12.1. The first kappa shape index (κ1) is 16.7. The predicted molar refractivity (Wildman–Crippen MR) is 85.1 cm³/mol. The van der Waals surface area contributed by atoms with Gasteiger partial charge in [-0.15, -0.1) is 0 Å². The summed E-state index contributed by atoms with van der Waals surface area (Å²) in [5, 5.41) is 25.2. The topological polar surface area (TPSA) is 89.9 Å². The van der Waals surface area contributed by atoms with Crippen LogP contribution >= 0.6 is 11.3 Å². The van der Waals surface area contributed by atoms with Gasteiger partial charge in [0.05, 0.1) is 5.94 Å². The molecule has 8 heteroatoms. The largest absolute Gasteiger partial charge is 0.475 e. The van der Waals surface area contributed by atoms with Gasteiger partial charge in [-0.1, -0.05) is 6.58 Å². The lowest BCUT2D eigenvalue weighted by Gasteiger charge is -2.23. The monoisotopic (exact) mass is 322 g/mol. The number of carbonyl (C=O) groups is 2. The quantitative estimate of drug-likeness (QED) is 0.463. The lowest BCUT2D eigenvalue weighted by molar-refractivity contribution is -0.133. The zero-order valence-corrected chi connectivity index (χ0v) is 13.0. The molecule has 1 heterocycles. The highest BCUT2D eigenvalue weighted by molar-refractivity contribution is 7.07. The smallest absolute Gasteiger partial charge is 0.426 e. The fraction of sp³-hybridized carbons (Fsp3) is 0.429. The van der Waals surface area contributed by atoms with E-state index in [0.29, 0.717) is 6.42 Å². The molecule has 1 atom stereocenters. The second-order valence-electron chi connectivity index (χ2n) is 5.32. The van der Waals surface area contributed by atoms with Crippen LogP contribution in [0.1, 0.15) is 18.4 Å². The summed E-state index contributed by atoms with van der Waals surface area (Å²) in [5.74, 6) is -1.49. The Morgan fingerprint density at radius 3 is 2.77 bits per heavy atom. The lowest BCUT2D eigenvalue weighted by Crippen LogP contribution is -2.51. The minimum Gasteiger partial charge on any atom is -0.426 e. The van der Waals surface area contributed by atoms with Gasteiger partial charge in [0, 0.05) is 6.04 Å². The van der Waals surface area contributed by atoms with Crippen molar-refractivity contribution in [2.75, 3.05) is 6.54 Å². The molecule has 0 unspecified atom stereocenters. The maximum absolute atomic E-state index is 12.1. The van der Waals surface area contributed by atoms with Gasteiger partial charge in [0.25, 0.3) is 0 Å². The fourth-order valence-electron chi connectivity index (χ4n) is 2.19. The molecule has 6 nitrogen and oxygen atoms in total. The van der Waals surface area contributed by atoms with Gasteiger partial charge in [-0.3, -0.25) is 9.59 Å². The summed E-state index contributed by atoms with van der Waals surface area (Å²) < 4.78 is 0. The number of carbonyl (C=O) groups excluding carboxylic acids is 2. The molecule has 2 rings (SSSR count). The van der Waals surface area contributed by atoms with E-state index in [2.05, 4.69) is 11.9 Å². The zero-order valence-electron chi connectivity index (χ0n) is 12.1. The van der Waals surface area contributed by atoms with Crippen LogP contribution in [0.15, 0.2) is 29.5 Å². The van der Waals surface area contributed by atoms with Gasteiger partial charge in [-0.25, -0.2) is 0 Å². The average molecular weight is 322 g/mol. The highest BCUT2D eigenvalue weighted by Gasteiger charge is 2.34. The molecular formula is C14H19BN2O4S. The molecule has 0 saturated heterocycles. The van der Waals surface area contributed by atoms with Gasteiger partial charge in [-0.05, 0) is 47.7 Å². The Hall–Kier alpha value is -1.64. The molecule has 3 N–H and O–H groups in total. The number of nitrogens with zero attached hydrogens (tertiary/aromatic N) is 1. The first-order valence-electron chi connectivity index (χ1n) is 7.11. The Balaban J connectivity index is 1.92. The number of amides is 2. The van der Waals surface area contributed by atoms with Crippen molar-refractivity contribution in [3.63, 3.8) is 0 Å². The van der Waals surface area contributed by atoms with Gasteiger partial charge in [0.1, 0.15) is 6.54 Å². The molecule has 118 valence electrons. The Morgan fingerprint density at radius 2 is 2.27 bits per heavy atom. The first-order valence-corrected chi connectivity index (χ1v) is 8.05. The Morgan fingerprint density at radius 1 is 1.55 bits per heavy atom. The predicted octanol–water partition coefficient (Wildman–Crippen LogP) is -0.0356. The normalized spacial score (nSPS) is 15.0. The van der Waals surface area contributed by atoms with Crippen molar-refractivity contribution in [3.8, 4) is 0 Å². The number of hydrogen-bond donors (Lipinski definition) is 3. The second-order valence-corrected chi connectivity index (χ2v) is 6.10. The molecule has 2 amide bonds. The van der Waals surface area contributed by atoms with Crippen LogP contribution in [0.25, 0.3) is 0 Å². The van der Waals surface area contributed by atoms with Crippen LogP contribution in [0.5, 0.6) is 0 Å². The third-order valence-electron chi connectivity index (χ3n) is 3.50. The van der Waals surface area contributed by atoms with Gasteiger partial charge >= 0.3 is 7.12 Å². The van der Waals surface area contributed by atoms with Gasteiger partial charge < -0.3 is 20.3 Å². The van der Waals surface area contributed by atoms with Crippen molar-refractivity contribution in [2.45, 2.75) is 31.2 Å². The van der Waals surface area contributed by atoms with Crippen molar-refractivity contribution in [1.29, 1.82) is 0 Å². The van der Waals surface area contributed by atoms with Crippen molar-refractivity contribution in [3.05, 3.63) is 35.0 Å². The highest BCUT2D eigenvalue weighted by atomic mass is 32.1. The molecule has 0 aliphatic heterocycles. The fourth-order valence-corrected chi connectivity index (χ4v) is 2.87. The van der Waals surface area contributed by atoms with Crippen LogP contribution < -0.4 is 5.32 Å². The number of thiophene rings is 1. The third kappa shape index (κ3) is 4.69. The number of hydrogen-bond acceptors (Lipinski definition) is 5. The molecule has 1 fully saturated rings. The third-order valence-corrected chi connectivity index (χ3v) is 4.23. The molecular weight excluding hydrogens is 303 g/mol. The summed E-state index contributed by atoms with van der Waals surface area (Å²) in [6.45, 7) is 3.34. The van der Waals surface area contributed by atoms with Crippen LogP contribution in [0.3, 0.4) is 0 Å². The van der Waals surface area contributed by atoms with Crippen molar-refractivity contribution < 1.29 is 19.6 Å². The van der Waals surface area contributed by atoms with Crippen molar-refractivity contribution >= 4 is 30.3 Å². The van der Waals surface area contributed by atoms with Crippen LogP contribution in [-0.2, 0) is 16.0 Å². The van der Waals surface area contributed by atoms with E-state index in [0.717, 1.165) is 18.4 Å². The van der Waals surface area contributed by atoms with Crippen LogP contribution in [0.4, 0.5) is 0 Å². The average Bonchev–Trinajstić information content (AvgIpc) is 3.20. The first-order chi connectivity index (χ1) is 10.5. The van der Waals surface area contributed by atoms with E-state index in [-0.39, 0.29) is 18.5 Å². The standard InChI is InChI=1S/C14H19BN2O4S/c1-2-14(19)17(11-3-4-11)8-13(18)16-12(15(20)21)7-10-5-6-22-9-10/h2,5-6,9,11-12,20-21H,1,3-4,7-8H2,(H,16,18)/t12-/m0/s1. The lowest BCUT2D eigenvalue weighted by atomic mass is 9.76. The van der Waals surface area contributed by atoms with Crippen LogP contribution in [0.2, 0.25) is 0 Å². The van der Waals surface area contributed by atoms with E-state index in [1.807, 2.05) is 16.8 Å². The SMILES string of the molecule is C=CC(=O)N(CC(=O)N[C@@H](Cc1ccsc1)B(O)O)C1CC1. The summed E-state index contributed by atoms with van der Waals surface area (Å²) in [7, 11) is -1.66. The van der Waals surface area contributed by atoms with E-state index in [1.54, 1.807) is 0 Å². The molecule has 1 aliphatic carbocycles. The molecule has 1 aromatic rings. The Kier molecular flexibility index (Phi) is 5.76. The van der Waals surface area contributed by atoms with E-state index < -0.39 is 19.0 Å². The van der Waals surface area contributed by atoms with Gasteiger partial charge in [0.15, 0.2) is 0 Å². The summed E-state index contributed by atoms with van der Waals surface area (Å²) in [5.41, 5.74) is 0.921. The number of nitrogens with one attached hydrogen (secondary N) is 1. The van der Waals surface area contributed by atoms with E-state index in [9.17, 15) is 19.6 Å². The molecule has 1 saturated carbocycles. The van der Waals surface area contributed by atoms with E-state index in [1.165, 1.54) is 22.3 Å². The van der Waals surface area contributed by atoms with E-state index >= 15 is 0 Å². The maximum Gasteiger partial charge on any atom is 0.475 e.